The van der Waals surface area contributed by atoms with Crippen LogP contribution in [0.4, 0.5) is 0 Å². The van der Waals surface area contributed by atoms with Gasteiger partial charge in [0.1, 0.15) is 0 Å². The molecule has 0 aliphatic carbocycles. The highest BCUT2D eigenvalue weighted by Crippen LogP contribution is 2.09. The van der Waals surface area contributed by atoms with Gasteiger partial charge in [0.2, 0.25) is 0 Å². The van der Waals surface area contributed by atoms with Gasteiger partial charge in [0, 0.05) is 13.0 Å². The van der Waals surface area contributed by atoms with Gasteiger partial charge in [0.05, 0.1) is 0 Å². The summed E-state index contributed by atoms with van der Waals surface area (Å²) >= 11 is 1.60. The van der Waals surface area contributed by atoms with Crippen molar-refractivity contribution < 1.29 is 14.3 Å². The molecule has 116 valence electrons. The van der Waals surface area contributed by atoms with Crippen molar-refractivity contribution in [3.63, 3.8) is 0 Å². The van der Waals surface area contributed by atoms with E-state index in [4.69, 9.17) is 4.74 Å². The Kier molecular flexibility index (Phi) is 6.15. The fraction of sp³-hybridized carbons (Fsp3) is 0.294. The van der Waals surface area contributed by atoms with E-state index in [-0.39, 0.29) is 18.5 Å². The topological polar surface area (TPSA) is 55.4 Å². The maximum atomic E-state index is 11.7. The average molecular weight is 317 g/mol. The molecule has 0 unspecified atom stereocenters. The van der Waals surface area contributed by atoms with Gasteiger partial charge < -0.3 is 10.1 Å². The zero-order chi connectivity index (χ0) is 15.8. The molecule has 0 bridgehead atoms. The number of nitrogens with one attached hydrogen (secondary N) is 1. The Balaban J connectivity index is 1.65. The van der Waals surface area contributed by atoms with Gasteiger partial charge in [0.25, 0.3) is 5.91 Å². The van der Waals surface area contributed by atoms with Gasteiger partial charge in [-0.1, -0.05) is 24.3 Å². The average Bonchev–Trinajstić information content (AvgIpc) is 3.03. The normalized spacial score (nSPS) is 10.2. The highest BCUT2D eigenvalue weighted by molar-refractivity contribution is 7.07. The lowest BCUT2D eigenvalue weighted by atomic mass is 10.1. The van der Waals surface area contributed by atoms with E-state index in [2.05, 4.69) is 5.32 Å². The molecule has 0 spiro atoms. The van der Waals surface area contributed by atoms with Crippen molar-refractivity contribution in [2.24, 2.45) is 0 Å². The fourth-order valence-corrected chi connectivity index (χ4v) is 2.66. The van der Waals surface area contributed by atoms with Crippen molar-refractivity contribution in [1.82, 2.24) is 5.32 Å². The van der Waals surface area contributed by atoms with Crippen molar-refractivity contribution in [2.75, 3.05) is 6.61 Å². The molecule has 1 aromatic heterocycles. The quantitative estimate of drug-likeness (QED) is 0.799. The summed E-state index contributed by atoms with van der Waals surface area (Å²) in [6, 6.07) is 9.82. The first-order valence-corrected chi connectivity index (χ1v) is 8.07. The summed E-state index contributed by atoms with van der Waals surface area (Å²) < 4.78 is 4.97. The molecule has 0 aliphatic rings. The first-order valence-electron chi connectivity index (χ1n) is 7.13. The second-order valence-corrected chi connectivity index (χ2v) is 5.78. The lowest BCUT2D eigenvalue weighted by molar-refractivity contribution is -0.148. The standard InChI is InChI=1S/C17H19NO3S/c1-13-4-2-3-5-15(13)10-18-16(19)11-21-17(20)7-6-14-8-9-22-12-14/h2-5,8-9,12H,6-7,10-11H2,1H3,(H,18,19). The van der Waals surface area contributed by atoms with Crippen LogP contribution in [0.5, 0.6) is 0 Å². The van der Waals surface area contributed by atoms with E-state index in [9.17, 15) is 9.59 Å². The van der Waals surface area contributed by atoms with Crippen molar-refractivity contribution in [2.45, 2.75) is 26.3 Å². The molecule has 1 amide bonds. The number of amides is 1. The van der Waals surface area contributed by atoms with Crippen LogP contribution in [0.2, 0.25) is 0 Å². The zero-order valence-corrected chi connectivity index (χ0v) is 13.3. The Labute approximate surface area is 134 Å². The van der Waals surface area contributed by atoms with Crippen LogP contribution in [-0.4, -0.2) is 18.5 Å². The molecule has 2 aromatic rings. The maximum absolute atomic E-state index is 11.7. The third-order valence-electron chi connectivity index (χ3n) is 3.30. The monoisotopic (exact) mass is 317 g/mol. The number of carbonyl (C=O) groups is 2. The Hall–Kier alpha value is -2.14. The van der Waals surface area contributed by atoms with Crippen molar-refractivity contribution in [3.05, 3.63) is 57.8 Å². The first-order chi connectivity index (χ1) is 10.6. The second-order valence-electron chi connectivity index (χ2n) is 5.00. The molecule has 0 saturated carbocycles. The number of benzene rings is 1. The third kappa shape index (κ3) is 5.33. The van der Waals surface area contributed by atoms with E-state index >= 15 is 0 Å². The highest BCUT2D eigenvalue weighted by Gasteiger charge is 2.08. The maximum Gasteiger partial charge on any atom is 0.306 e. The van der Waals surface area contributed by atoms with E-state index in [1.54, 1.807) is 11.3 Å². The lowest BCUT2D eigenvalue weighted by Gasteiger charge is -2.08. The molecule has 2 rings (SSSR count). The summed E-state index contributed by atoms with van der Waals surface area (Å²) in [5.41, 5.74) is 3.29. The number of rotatable bonds is 7. The number of hydrogen-bond acceptors (Lipinski definition) is 4. The highest BCUT2D eigenvalue weighted by atomic mass is 32.1. The molecule has 5 heteroatoms. The summed E-state index contributed by atoms with van der Waals surface area (Å²) in [4.78, 5) is 23.3. The Morgan fingerprint density at radius 1 is 1.23 bits per heavy atom. The molecule has 0 saturated heterocycles. The minimum atomic E-state index is -0.350. The molecule has 1 N–H and O–H groups in total. The van der Waals surface area contributed by atoms with E-state index in [1.807, 2.05) is 48.0 Å². The largest absolute Gasteiger partial charge is 0.456 e. The minimum absolute atomic E-state index is 0.228. The third-order valence-corrected chi connectivity index (χ3v) is 4.03. The van der Waals surface area contributed by atoms with Gasteiger partial charge >= 0.3 is 5.97 Å². The molecule has 4 nitrogen and oxygen atoms in total. The first kappa shape index (κ1) is 16.2. The van der Waals surface area contributed by atoms with E-state index in [1.165, 1.54) is 0 Å². The van der Waals surface area contributed by atoms with Crippen LogP contribution < -0.4 is 5.32 Å². The van der Waals surface area contributed by atoms with Crippen LogP contribution >= 0.6 is 11.3 Å². The Morgan fingerprint density at radius 2 is 2.05 bits per heavy atom. The molecular formula is C17H19NO3S. The van der Waals surface area contributed by atoms with E-state index in [0.717, 1.165) is 16.7 Å². The number of aryl methyl sites for hydroxylation is 2. The molecule has 0 fully saturated rings. The summed E-state index contributed by atoms with van der Waals surface area (Å²) in [5.74, 6) is -0.635. The summed E-state index contributed by atoms with van der Waals surface area (Å²) in [6.45, 7) is 2.21. The number of thiophene rings is 1. The van der Waals surface area contributed by atoms with Crippen LogP contribution in [-0.2, 0) is 27.3 Å². The fourth-order valence-electron chi connectivity index (χ4n) is 1.95. The molecule has 0 aliphatic heterocycles. The Bertz CT molecular complexity index is 623. The second kappa shape index (κ2) is 8.34. The van der Waals surface area contributed by atoms with Gasteiger partial charge in [0.15, 0.2) is 6.61 Å². The summed E-state index contributed by atoms with van der Waals surface area (Å²) in [6.07, 6.45) is 0.939. The van der Waals surface area contributed by atoms with Crippen LogP contribution in [0.25, 0.3) is 0 Å². The molecule has 0 radical (unpaired) electrons. The van der Waals surface area contributed by atoms with Gasteiger partial charge in [-0.2, -0.15) is 11.3 Å². The molecule has 1 heterocycles. The number of carbonyl (C=O) groups excluding carboxylic acids is 2. The van der Waals surface area contributed by atoms with Gasteiger partial charge in [-0.05, 0) is 46.9 Å². The van der Waals surface area contributed by atoms with Crippen LogP contribution in [0.1, 0.15) is 23.1 Å². The van der Waals surface area contributed by atoms with Gasteiger partial charge in [-0.15, -0.1) is 0 Å². The minimum Gasteiger partial charge on any atom is -0.456 e. The number of esters is 1. The van der Waals surface area contributed by atoms with E-state index < -0.39 is 0 Å². The van der Waals surface area contributed by atoms with Crippen LogP contribution in [0.15, 0.2) is 41.1 Å². The SMILES string of the molecule is Cc1ccccc1CNC(=O)COC(=O)CCc1ccsc1. The van der Waals surface area contributed by atoms with Gasteiger partial charge in [-0.25, -0.2) is 0 Å². The zero-order valence-electron chi connectivity index (χ0n) is 12.5. The van der Waals surface area contributed by atoms with Crippen molar-refractivity contribution >= 4 is 23.2 Å². The lowest BCUT2D eigenvalue weighted by Crippen LogP contribution is -2.28. The smallest absolute Gasteiger partial charge is 0.306 e. The Morgan fingerprint density at radius 3 is 2.77 bits per heavy atom. The number of ether oxygens (including phenoxy) is 1. The predicted octanol–water partition coefficient (Wildman–Crippen LogP) is 2.85. The molecular weight excluding hydrogens is 298 g/mol. The van der Waals surface area contributed by atoms with Gasteiger partial charge in [-0.3, -0.25) is 9.59 Å². The number of hydrogen-bond donors (Lipinski definition) is 1. The van der Waals surface area contributed by atoms with Crippen LogP contribution in [0, 0.1) is 6.92 Å². The molecule has 0 atom stereocenters. The summed E-state index contributed by atoms with van der Waals surface area (Å²) in [5, 5.41) is 6.72. The molecule has 1 aromatic carbocycles. The predicted molar refractivity (Wildman–Crippen MR) is 86.6 cm³/mol. The van der Waals surface area contributed by atoms with Crippen LogP contribution in [0.3, 0.4) is 0 Å². The summed E-state index contributed by atoms with van der Waals surface area (Å²) in [7, 11) is 0. The molecule has 22 heavy (non-hydrogen) atoms. The van der Waals surface area contributed by atoms with Crippen molar-refractivity contribution in [1.29, 1.82) is 0 Å². The van der Waals surface area contributed by atoms with E-state index in [0.29, 0.717) is 19.4 Å². The van der Waals surface area contributed by atoms with Crippen molar-refractivity contribution in [3.8, 4) is 0 Å².